The highest BCUT2D eigenvalue weighted by molar-refractivity contribution is 6.30. The van der Waals surface area contributed by atoms with Gasteiger partial charge in [-0.1, -0.05) is 41.9 Å². The molecular weight excluding hydrogens is 584 g/mol. The zero-order valence-corrected chi connectivity index (χ0v) is 23.4. The molecule has 0 saturated carbocycles. The van der Waals surface area contributed by atoms with Gasteiger partial charge in [-0.2, -0.15) is 0 Å². The van der Waals surface area contributed by atoms with Gasteiger partial charge >= 0.3 is 0 Å². The highest BCUT2D eigenvalue weighted by Crippen LogP contribution is 2.22. The molecular formula is C32H23ClF4N4O2. The van der Waals surface area contributed by atoms with E-state index in [-0.39, 0.29) is 22.5 Å². The zero-order valence-electron chi connectivity index (χ0n) is 22.6. The van der Waals surface area contributed by atoms with Crippen LogP contribution in [0.4, 0.5) is 17.6 Å². The molecule has 4 aromatic carbocycles. The monoisotopic (exact) mass is 606 g/mol. The number of benzene rings is 4. The second-order valence-electron chi connectivity index (χ2n) is 9.39. The number of aromatic nitrogens is 4. The third-order valence-electron chi connectivity index (χ3n) is 6.65. The Morgan fingerprint density at radius 3 is 1.95 bits per heavy atom. The van der Waals surface area contributed by atoms with E-state index in [1.54, 1.807) is 60.7 Å². The summed E-state index contributed by atoms with van der Waals surface area (Å²) in [5.41, 5.74) is 1.88. The van der Waals surface area contributed by atoms with Crippen LogP contribution in [0.25, 0.3) is 44.6 Å². The Bertz CT molecular complexity index is 2040. The predicted octanol–water partition coefficient (Wildman–Crippen LogP) is 7.34. The normalized spacial score (nSPS) is 11.1. The summed E-state index contributed by atoms with van der Waals surface area (Å²) < 4.78 is 55.1. The van der Waals surface area contributed by atoms with Gasteiger partial charge in [-0.3, -0.25) is 14.2 Å². The Hall–Kier alpha value is -4.83. The van der Waals surface area contributed by atoms with Gasteiger partial charge in [0, 0.05) is 22.7 Å². The first kappa shape index (κ1) is 29.7. The molecule has 2 heterocycles. The first-order chi connectivity index (χ1) is 20.7. The van der Waals surface area contributed by atoms with Crippen LogP contribution in [0, 0.1) is 11.6 Å². The molecule has 0 fully saturated rings. The lowest BCUT2D eigenvalue weighted by Gasteiger charge is -2.11. The lowest BCUT2D eigenvalue weighted by Crippen LogP contribution is -2.26. The number of alkyl halides is 2. The van der Waals surface area contributed by atoms with E-state index in [2.05, 4.69) is 9.97 Å². The molecule has 0 N–H and O–H groups in total. The number of fused-ring (bicyclic) bond motifs is 2. The summed E-state index contributed by atoms with van der Waals surface area (Å²) in [6.07, 6.45) is -2.66. The number of halogens is 5. The SMILES string of the molecule is CCn1c(=O)c(-c2ccc(Cl)cc2)nc2c(F)cccc21.O=c1c(-c2ccc(F)cc2)nc2ccccc2n1CC(F)F. The highest BCUT2D eigenvalue weighted by atomic mass is 35.5. The number of nitrogens with zero attached hydrogens (tertiary/aromatic N) is 4. The lowest BCUT2D eigenvalue weighted by molar-refractivity contribution is 0.127. The molecule has 43 heavy (non-hydrogen) atoms. The number of para-hydroxylation sites is 3. The van der Waals surface area contributed by atoms with Gasteiger partial charge in [-0.05, 0) is 67.6 Å². The number of hydrogen-bond donors (Lipinski definition) is 0. The van der Waals surface area contributed by atoms with Crippen molar-refractivity contribution in [3.05, 3.63) is 128 Å². The predicted molar refractivity (Wildman–Crippen MR) is 159 cm³/mol. The standard InChI is InChI=1S/C16H12ClFN2O.C16H11F3N2O/c1-2-20-13-5-3-4-12(18)15(13)19-14(16(20)21)10-6-8-11(17)9-7-10;17-11-7-5-10(6-8-11)15-16(22)21(9-14(18)19)13-4-2-1-3-12(13)20-15/h3-9H,2H2,1H3;1-8,14H,9H2. The summed E-state index contributed by atoms with van der Waals surface area (Å²) in [7, 11) is 0. The first-order valence-electron chi connectivity index (χ1n) is 13.2. The van der Waals surface area contributed by atoms with Gasteiger partial charge in [0.25, 0.3) is 17.5 Å². The molecule has 0 aliphatic carbocycles. The third kappa shape index (κ3) is 6.19. The Balaban J connectivity index is 0.000000171. The van der Waals surface area contributed by atoms with Crippen molar-refractivity contribution in [1.82, 2.24) is 19.1 Å². The molecule has 6 aromatic rings. The molecule has 0 atom stereocenters. The highest BCUT2D eigenvalue weighted by Gasteiger charge is 2.16. The molecule has 0 unspecified atom stereocenters. The summed E-state index contributed by atoms with van der Waals surface area (Å²) >= 11 is 5.85. The maximum absolute atomic E-state index is 14.0. The van der Waals surface area contributed by atoms with E-state index in [1.807, 2.05) is 6.92 Å². The number of hydrogen-bond acceptors (Lipinski definition) is 4. The van der Waals surface area contributed by atoms with E-state index in [0.29, 0.717) is 39.2 Å². The van der Waals surface area contributed by atoms with Gasteiger partial charge in [0.2, 0.25) is 0 Å². The number of aryl methyl sites for hydroxylation is 1. The molecule has 0 aliphatic rings. The molecule has 6 nitrogen and oxygen atoms in total. The maximum atomic E-state index is 14.0. The second-order valence-corrected chi connectivity index (χ2v) is 9.82. The van der Waals surface area contributed by atoms with Crippen LogP contribution in [0.5, 0.6) is 0 Å². The summed E-state index contributed by atoms with van der Waals surface area (Å²) in [4.78, 5) is 33.5. The summed E-state index contributed by atoms with van der Waals surface area (Å²) in [6.45, 7) is 1.58. The molecule has 0 spiro atoms. The molecule has 218 valence electrons. The quantitative estimate of drug-likeness (QED) is 0.193. The van der Waals surface area contributed by atoms with Gasteiger partial charge < -0.3 is 4.57 Å². The largest absolute Gasteiger partial charge is 0.305 e. The maximum Gasteiger partial charge on any atom is 0.277 e. The van der Waals surface area contributed by atoms with Crippen LogP contribution >= 0.6 is 11.6 Å². The van der Waals surface area contributed by atoms with Gasteiger partial charge in [0.1, 0.15) is 22.7 Å². The summed E-state index contributed by atoms with van der Waals surface area (Å²) in [5, 5.41) is 0.571. The Morgan fingerprint density at radius 1 is 0.721 bits per heavy atom. The minimum atomic E-state index is -2.66. The summed E-state index contributed by atoms with van der Waals surface area (Å²) in [6, 6.07) is 23.2. The van der Waals surface area contributed by atoms with Crippen molar-refractivity contribution in [1.29, 1.82) is 0 Å². The van der Waals surface area contributed by atoms with Crippen LogP contribution in [-0.4, -0.2) is 25.5 Å². The third-order valence-corrected chi connectivity index (χ3v) is 6.90. The average Bonchev–Trinajstić information content (AvgIpc) is 3.00. The van der Waals surface area contributed by atoms with E-state index in [0.717, 1.165) is 4.57 Å². The van der Waals surface area contributed by atoms with E-state index >= 15 is 0 Å². The minimum Gasteiger partial charge on any atom is -0.305 e. The van der Waals surface area contributed by atoms with E-state index in [9.17, 15) is 27.2 Å². The van der Waals surface area contributed by atoms with Crippen LogP contribution in [0.15, 0.2) is 101 Å². The molecule has 0 saturated heterocycles. The van der Waals surface area contributed by atoms with Crippen LogP contribution in [0.1, 0.15) is 6.92 Å². The molecule has 0 aliphatic heterocycles. The molecule has 2 aromatic heterocycles. The molecule has 6 rings (SSSR count). The lowest BCUT2D eigenvalue weighted by atomic mass is 10.1. The minimum absolute atomic E-state index is 0.0272. The number of rotatable bonds is 5. The molecule has 0 amide bonds. The first-order valence-corrected chi connectivity index (χ1v) is 13.5. The van der Waals surface area contributed by atoms with Crippen LogP contribution in [0.2, 0.25) is 5.02 Å². The van der Waals surface area contributed by atoms with Gasteiger partial charge in [0.05, 0.1) is 23.1 Å². The van der Waals surface area contributed by atoms with Gasteiger partial charge in [0.15, 0.2) is 5.82 Å². The Morgan fingerprint density at radius 2 is 1.30 bits per heavy atom. The zero-order chi connectivity index (χ0) is 30.7. The summed E-state index contributed by atoms with van der Waals surface area (Å²) in [5.74, 6) is -0.887. The van der Waals surface area contributed by atoms with Crippen molar-refractivity contribution in [2.24, 2.45) is 0 Å². The van der Waals surface area contributed by atoms with Gasteiger partial charge in [-0.15, -0.1) is 0 Å². The fourth-order valence-electron chi connectivity index (χ4n) is 4.65. The fraction of sp³-hybridized carbons (Fsp3) is 0.125. The van der Waals surface area contributed by atoms with Crippen molar-refractivity contribution < 1.29 is 17.6 Å². The van der Waals surface area contributed by atoms with E-state index < -0.39 is 30.2 Å². The fourth-order valence-corrected chi connectivity index (χ4v) is 4.77. The molecule has 0 bridgehead atoms. The van der Waals surface area contributed by atoms with Crippen LogP contribution < -0.4 is 11.1 Å². The molecule has 11 heteroatoms. The second kappa shape index (κ2) is 12.6. The Labute approximate surface area is 247 Å². The van der Waals surface area contributed by atoms with Crippen molar-refractivity contribution in [3.8, 4) is 22.5 Å². The van der Waals surface area contributed by atoms with Crippen molar-refractivity contribution in [2.75, 3.05) is 0 Å². The van der Waals surface area contributed by atoms with Crippen molar-refractivity contribution in [3.63, 3.8) is 0 Å². The van der Waals surface area contributed by atoms with Crippen molar-refractivity contribution >= 4 is 33.7 Å². The topological polar surface area (TPSA) is 69.8 Å². The average molecular weight is 607 g/mol. The van der Waals surface area contributed by atoms with E-state index in [4.69, 9.17) is 11.6 Å². The molecule has 0 radical (unpaired) electrons. The van der Waals surface area contributed by atoms with Crippen LogP contribution in [0.3, 0.4) is 0 Å². The Kier molecular flexibility index (Phi) is 8.68. The smallest absolute Gasteiger partial charge is 0.277 e. The van der Waals surface area contributed by atoms with Crippen molar-refractivity contribution in [2.45, 2.75) is 26.4 Å². The van der Waals surface area contributed by atoms with Crippen LogP contribution in [-0.2, 0) is 13.1 Å². The van der Waals surface area contributed by atoms with E-state index in [1.165, 1.54) is 34.9 Å². The van der Waals surface area contributed by atoms with Gasteiger partial charge in [-0.25, -0.2) is 27.5 Å².